The molecule has 62 heavy (non-hydrogen) atoms. The van der Waals surface area contributed by atoms with Crippen LogP contribution in [0.3, 0.4) is 0 Å². The highest BCUT2D eigenvalue weighted by atomic mass is 31.2. The zero-order chi connectivity index (χ0) is 45.7. The van der Waals surface area contributed by atoms with Gasteiger partial charge in [0, 0.05) is 6.42 Å². The van der Waals surface area contributed by atoms with E-state index in [0.29, 0.717) is 17.4 Å². The fourth-order valence-corrected chi connectivity index (χ4v) is 8.08. The number of allylic oxidation sites excluding steroid dienone is 7. The Morgan fingerprint density at radius 1 is 0.565 bits per heavy atom. The number of unbranched alkanes of at least 4 members (excludes halogenated alkanes) is 28. The van der Waals surface area contributed by atoms with Crippen LogP contribution in [0.15, 0.2) is 48.6 Å². The fraction of sp³-hybridized carbons (Fsp3) is 0.830. The lowest BCUT2D eigenvalue weighted by Gasteiger charge is -2.29. The molecule has 8 nitrogen and oxygen atoms in total. The van der Waals surface area contributed by atoms with E-state index in [-0.39, 0.29) is 12.5 Å². The topological polar surface area (TPSA) is 108 Å². The van der Waals surface area contributed by atoms with Crippen LogP contribution in [0, 0.1) is 0 Å². The van der Waals surface area contributed by atoms with Crippen LogP contribution in [0.5, 0.6) is 0 Å². The van der Waals surface area contributed by atoms with Gasteiger partial charge in [-0.05, 0) is 57.8 Å². The van der Waals surface area contributed by atoms with Crippen LogP contribution in [0.2, 0.25) is 0 Å². The minimum Gasteiger partial charge on any atom is -0.756 e. The van der Waals surface area contributed by atoms with Crippen LogP contribution >= 0.6 is 7.82 Å². The summed E-state index contributed by atoms with van der Waals surface area (Å²) in [4.78, 5) is 25.4. The van der Waals surface area contributed by atoms with Gasteiger partial charge >= 0.3 is 0 Å². The van der Waals surface area contributed by atoms with E-state index in [2.05, 4.69) is 55.6 Å². The van der Waals surface area contributed by atoms with Gasteiger partial charge in [-0.1, -0.05) is 217 Å². The Morgan fingerprint density at radius 2 is 0.968 bits per heavy atom. The van der Waals surface area contributed by atoms with E-state index >= 15 is 0 Å². The van der Waals surface area contributed by atoms with Crippen LogP contribution < -0.4 is 10.2 Å². The van der Waals surface area contributed by atoms with E-state index in [9.17, 15) is 19.4 Å². The minimum atomic E-state index is -4.60. The lowest BCUT2D eigenvalue weighted by Crippen LogP contribution is -2.45. The lowest BCUT2D eigenvalue weighted by atomic mass is 10.0. The van der Waals surface area contributed by atoms with E-state index in [0.717, 1.165) is 64.2 Å². The molecule has 0 radical (unpaired) electrons. The maximum absolute atomic E-state index is 12.9. The Morgan fingerprint density at radius 3 is 1.45 bits per heavy atom. The van der Waals surface area contributed by atoms with Gasteiger partial charge in [-0.3, -0.25) is 9.36 Å². The number of rotatable bonds is 47. The number of likely N-dealkylation sites (N-methyl/N-ethyl adjacent to an activating group) is 1. The Labute approximate surface area is 384 Å². The third-order valence-corrected chi connectivity index (χ3v) is 12.5. The predicted octanol–water partition coefficient (Wildman–Crippen LogP) is 14.6. The Bertz CT molecular complexity index is 1150. The molecule has 0 fully saturated rings. The molecule has 0 spiro atoms. The first-order valence-corrected chi connectivity index (χ1v) is 27.5. The first-order valence-electron chi connectivity index (χ1n) is 26.0. The summed E-state index contributed by atoms with van der Waals surface area (Å²) in [6.45, 7) is 4.58. The molecule has 2 N–H and O–H groups in total. The quantitative estimate of drug-likeness (QED) is 0.0273. The zero-order valence-corrected chi connectivity index (χ0v) is 42.2. The number of phosphoric ester groups is 1. The van der Waals surface area contributed by atoms with Crippen molar-refractivity contribution in [1.29, 1.82) is 0 Å². The highest BCUT2D eigenvalue weighted by molar-refractivity contribution is 7.45. The van der Waals surface area contributed by atoms with Crippen molar-refractivity contribution in [3.05, 3.63) is 48.6 Å². The van der Waals surface area contributed by atoms with Crippen molar-refractivity contribution in [3.8, 4) is 0 Å². The fourth-order valence-electron chi connectivity index (χ4n) is 7.36. The van der Waals surface area contributed by atoms with Crippen molar-refractivity contribution in [3.63, 3.8) is 0 Å². The number of quaternary nitrogens is 1. The number of nitrogens with zero attached hydrogens (tertiary/aromatic N) is 1. The van der Waals surface area contributed by atoms with Gasteiger partial charge < -0.3 is 28.8 Å². The summed E-state index contributed by atoms with van der Waals surface area (Å²) in [7, 11) is 1.23. The van der Waals surface area contributed by atoms with Crippen molar-refractivity contribution in [1.82, 2.24) is 5.32 Å². The minimum absolute atomic E-state index is 0.0103. The molecule has 0 aliphatic rings. The number of aliphatic hydroxyl groups excluding tert-OH is 1. The van der Waals surface area contributed by atoms with Crippen molar-refractivity contribution in [2.45, 2.75) is 244 Å². The Kier molecular flexibility index (Phi) is 43.5. The average molecular weight is 893 g/mol. The van der Waals surface area contributed by atoms with E-state index in [1.807, 2.05) is 27.2 Å². The normalized spacial score (nSPS) is 14.5. The number of carbonyl (C=O) groups is 1. The molecular weight excluding hydrogens is 792 g/mol. The smallest absolute Gasteiger partial charge is 0.268 e. The first kappa shape index (κ1) is 60.5. The first-order chi connectivity index (χ1) is 30.0. The highest BCUT2D eigenvalue weighted by Gasteiger charge is 2.23. The van der Waals surface area contributed by atoms with Crippen LogP contribution in [-0.2, 0) is 18.4 Å². The monoisotopic (exact) mass is 893 g/mol. The van der Waals surface area contributed by atoms with E-state index < -0.39 is 26.6 Å². The summed E-state index contributed by atoms with van der Waals surface area (Å²) >= 11 is 0. The molecule has 0 aliphatic heterocycles. The lowest BCUT2D eigenvalue weighted by molar-refractivity contribution is -0.870. The van der Waals surface area contributed by atoms with Crippen molar-refractivity contribution >= 4 is 13.7 Å². The van der Waals surface area contributed by atoms with Gasteiger partial charge in [0.05, 0.1) is 39.9 Å². The SMILES string of the molecule is CCCC/C=C\C/C=C\CCCCCCCC(=O)NC(COP(=O)([O-])OCC[N+](C)(C)C)C(O)/C=C/CC/C=C/CCCCCCCCCCCCCCCCCCCCCC. The Hall–Kier alpha value is -1.54. The van der Waals surface area contributed by atoms with Gasteiger partial charge in [0.15, 0.2) is 0 Å². The molecule has 0 saturated carbocycles. The Balaban J connectivity index is 4.29. The average Bonchev–Trinajstić information content (AvgIpc) is 3.23. The summed E-state index contributed by atoms with van der Waals surface area (Å²) in [5, 5.41) is 13.8. The van der Waals surface area contributed by atoms with Gasteiger partial charge in [0.2, 0.25) is 5.91 Å². The van der Waals surface area contributed by atoms with Gasteiger partial charge in [-0.15, -0.1) is 0 Å². The second-order valence-corrected chi connectivity index (χ2v) is 20.3. The molecule has 0 heterocycles. The molecule has 0 aromatic heterocycles. The van der Waals surface area contributed by atoms with Gasteiger partial charge in [-0.25, -0.2) is 0 Å². The number of amides is 1. The summed E-state index contributed by atoms with van der Waals surface area (Å²) in [6.07, 6.45) is 57.6. The molecule has 1 amide bonds. The second kappa shape index (κ2) is 44.7. The summed E-state index contributed by atoms with van der Waals surface area (Å²) < 4.78 is 23.2. The molecule has 0 aromatic carbocycles. The maximum Gasteiger partial charge on any atom is 0.268 e. The van der Waals surface area contributed by atoms with Gasteiger partial charge in [-0.2, -0.15) is 0 Å². The van der Waals surface area contributed by atoms with Crippen LogP contribution in [0.1, 0.15) is 232 Å². The predicted molar refractivity (Wildman–Crippen MR) is 265 cm³/mol. The molecule has 0 bridgehead atoms. The van der Waals surface area contributed by atoms with Crippen LogP contribution in [0.25, 0.3) is 0 Å². The molecule has 9 heteroatoms. The van der Waals surface area contributed by atoms with Crippen molar-refractivity contribution in [2.24, 2.45) is 0 Å². The maximum atomic E-state index is 12.9. The molecular formula is C53H101N2O6P. The molecule has 0 saturated heterocycles. The largest absolute Gasteiger partial charge is 0.756 e. The third kappa shape index (κ3) is 46.5. The molecule has 3 atom stereocenters. The molecule has 0 aliphatic carbocycles. The van der Waals surface area contributed by atoms with Crippen molar-refractivity contribution in [2.75, 3.05) is 40.9 Å². The zero-order valence-electron chi connectivity index (χ0n) is 41.3. The number of hydrogen-bond donors (Lipinski definition) is 2. The number of hydrogen-bond acceptors (Lipinski definition) is 6. The number of nitrogens with one attached hydrogen (secondary N) is 1. The molecule has 3 unspecified atom stereocenters. The summed E-state index contributed by atoms with van der Waals surface area (Å²) in [6, 6.07) is -0.911. The standard InChI is InChI=1S/C53H101N2O6P/c1-6-8-10-12-14-16-18-20-22-23-24-25-26-27-28-29-30-31-32-33-34-36-38-40-42-44-46-52(56)51(50-61-62(58,59)60-49-48-55(3,4)5)54-53(57)47-45-43-41-39-37-35-21-19-17-15-13-11-9-7-2/h13,15,19,21,36,38,44,46,51-52,56H,6-12,14,16-18,20,22-35,37,39-43,45,47-50H2,1-5H3,(H-,54,57,58,59)/b15-13-,21-19-,38-36+,46-44+. The molecule has 0 rings (SSSR count). The molecule has 0 aromatic rings. The third-order valence-electron chi connectivity index (χ3n) is 11.5. The van der Waals surface area contributed by atoms with Crippen molar-refractivity contribution < 1.29 is 32.9 Å². The molecule has 364 valence electrons. The number of aliphatic hydroxyl groups is 1. The highest BCUT2D eigenvalue weighted by Crippen LogP contribution is 2.38. The number of carbonyl (C=O) groups excluding carboxylic acids is 1. The van der Waals surface area contributed by atoms with Gasteiger partial charge in [0.1, 0.15) is 13.2 Å². The van der Waals surface area contributed by atoms with Gasteiger partial charge in [0.25, 0.3) is 7.82 Å². The number of phosphoric acid groups is 1. The van der Waals surface area contributed by atoms with Crippen LogP contribution in [0.4, 0.5) is 0 Å². The van der Waals surface area contributed by atoms with E-state index in [1.165, 1.54) is 148 Å². The van der Waals surface area contributed by atoms with E-state index in [1.54, 1.807) is 6.08 Å². The summed E-state index contributed by atoms with van der Waals surface area (Å²) in [5.41, 5.74) is 0. The second-order valence-electron chi connectivity index (χ2n) is 18.9. The summed E-state index contributed by atoms with van der Waals surface area (Å²) in [5.74, 6) is -0.222. The van der Waals surface area contributed by atoms with Crippen LogP contribution in [-0.4, -0.2) is 68.5 Å². The van der Waals surface area contributed by atoms with E-state index in [4.69, 9.17) is 9.05 Å².